The molecule has 0 aromatic heterocycles. The molecule has 0 saturated carbocycles. The summed E-state index contributed by atoms with van der Waals surface area (Å²) < 4.78 is 0. The molecule has 64 valence electrons. The van der Waals surface area contributed by atoms with Crippen LogP contribution < -0.4 is 0 Å². The van der Waals surface area contributed by atoms with Crippen LogP contribution in [0.1, 0.15) is 5.56 Å². The number of nitrogens with zero attached hydrogens (tertiary/aromatic N) is 1. The maximum absolute atomic E-state index is 11.2. The number of hydrogen-bond acceptors (Lipinski definition) is 2. The van der Waals surface area contributed by atoms with Crippen LogP contribution >= 0.6 is 0 Å². The molecule has 0 aliphatic heterocycles. The second-order valence-electron chi connectivity index (χ2n) is 2.68. The number of ketones is 1. The number of rotatable bonds is 3. The van der Waals surface area contributed by atoms with Crippen LogP contribution in [0.2, 0.25) is 0 Å². The molecule has 0 radical (unpaired) electrons. The number of carbonyl (C=O) groups excluding carboxylic acids is 1. The monoisotopic (exact) mass is 171 g/mol. The minimum Gasteiger partial charge on any atom is -0.293 e. The molecule has 1 aromatic carbocycles. The highest BCUT2D eigenvalue weighted by molar-refractivity contribution is 5.99. The summed E-state index contributed by atoms with van der Waals surface area (Å²) >= 11 is 0. The number of carbonyl (C=O) groups is 1. The van der Waals surface area contributed by atoms with Crippen LogP contribution in [-0.2, 0) is 11.2 Å². The third-order valence-electron chi connectivity index (χ3n) is 1.68. The fourth-order valence-electron chi connectivity index (χ4n) is 0.950. The molecule has 0 unspecified atom stereocenters. The van der Waals surface area contributed by atoms with Crippen molar-refractivity contribution in [1.29, 1.82) is 5.26 Å². The average Bonchev–Trinajstić information content (AvgIpc) is 2.18. The van der Waals surface area contributed by atoms with E-state index in [4.69, 9.17) is 5.26 Å². The van der Waals surface area contributed by atoms with Crippen LogP contribution in [0.15, 0.2) is 42.5 Å². The Morgan fingerprint density at radius 3 is 2.54 bits per heavy atom. The standard InChI is InChI=1S/C11H9NO/c1-9(8-12)11(13)7-10-5-3-2-4-6-10/h2-6H,1,7H2. The Labute approximate surface area is 77.1 Å². The largest absolute Gasteiger partial charge is 0.293 e. The molecule has 2 heteroatoms. The zero-order valence-electron chi connectivity index (χ0n) is 7.16. The van der Waals surface area contributed by atoms with Gasteiger partial charge in [0.05, 0.1) is 5.57 Å². The first-order valence-electron chi connectivity index (χ1n) is 3.90. The van der Waals surface area contributed by atoms with Gasteiger partial charge in [-0.25, -0.2) is 0 Å². The highest BCUT2D eigenvalue weighted by Crippen LogP contribution is 2.03. The highest BCUT2D eigenvalue weighted by atomic mass is 16.1. The molecule has 0 spiro atoms. The fraction of sp³-hybridized carbons (Fsp3) is 0.0909. The summed E-state index contributed by atoms with van der Waals surface area (Å²) in [6, 6.07) is 11.0. The van der Waals surface area contributed by atoms with Crippen LogP contribution in [0.5, 0.6) is 0 Å². The fourth-order valence-corrected chi connectivity index (χ4v) is 0.950. The zero-order valence-corrected chi connectivity index (χ0v) is 7.16. The van der Waals surface area contributed by atoms with E-state index < -0.39 is 0 Å². The quantitative estimate of drug-likeness (QED) is 0.514. The minimum absolute atomic E-state index is 0.0175. The minimum atomic E-state index is -0.214. The zero-order chi connectivity index (χ0) is 9.68. The Bertz CT molecular complexity index is 359. The summed E-state index contributed by atoms with van der Waals surface area (Å²) in [6.07, 6.45) is 0.257. The van der Waals surface area contributed by atoms with Crippen LogP contribution in [0, 0.1) is 11.3 Å². The number of benzene rings is 1. The van der Waals surface area contributed by atoms with Crippen LogP contribution in [0.25, 0.3) is 0 Å². The summed E-state index contributed by atoms with van der Waals surface area (Å²) in [5.74, 6) is -0.214. The van der Waals surface area contributed by atoms with Crippen LogP contribution in [0.3, 0.4) is 0 Å². The predicted octanol–water partition coefficient (Wildman–Crippen LogP) is 1.88. The lowest BCUT2D eigenvalue weighted by Crippen LogP contribution is -2.03. The van der Waals surface area contributed by atoms with E-state index >= 15 is 0 Å². The van der Waals surface area contributed by atoms with Crippen molar-refractivity contribution < 1.29 is 4.79 Å². The lowest BCUT2D eigenvalue weighted by Gasteiger charge is -1.97. The van der Waals surface area contributed by atoms with Gasteiger partial charge in [-0.05, 0) is 5.56 Å². The highest BCUT2D eigenvalue weighted by Gasteiger charge is 2.06. The van der Waals surface area contributed by atoms with Crippen molar-refractivity contribution >= 4 is 5.78 Å². The molecule has 0 aliphatic carbocycles. The summed E-state index contributed by atoms with van der Waals surface area (Å²) in [4.78, 5) is 11.2. The van der Waals surface area contributed by atoms with Crippen molar-refractivity contribution in [2.45, 2.75) is 6.42 Å². The van der Waals surface area contributed by atoms with Crippen molar-refractivity contribution in [2.75, 3.05) is 0 Å². The lowest BCUT2D eigenvalue weighted by molar-refractivity contribution is -0.114. The first-order chi connectivity index (χ1) is 6.24. The van der Waals surface area contributed by atoms with Gasteiger partial charge in [-0.15, -0.1) is 0 Å². The van der Waals surface area contributed by atoms with Gasteiger partial charge in [0.15, 0.2) is 5.78 Å². The molecule has 0 aliphatic rings. The average molecular weight is 171 g/mol. The van der Waals surface area contributed by atoms with Gasteiger partial charge in [0.25, 0.3) is 0 Å². The normalized spacial score (nSPS) is 8.85. The van der Waals surface area contributed by atoms with Gasteiger partial charge in [0, 0.05) is 6.42 Å². The molecule has 0 saturated heterocycles. The van der Waals surface area contributed by atoms with E-state index in [1.165, 1.54) is 0 Å². The Hall–Kier alpha value is -1.88. The Morgan fingerprint density at radius 1 is 1.38 bits per heavy atom. The number of Topliss-reactive ketones (excluding diaryl/α,β-unsaturated/α-hetero) is 1. The van der Waals surface area contributed by atoms with Gasteiger partial charge >= 0.3 is 0 Å². The van der Waals surface area contributed by atoms with Gasteiger partial charge in [-0.1, -0.05) is 36.9 Å². The molecule has 2 nitrogen and oxygen atoms in total. The van der Waals surface area contributed by atoms with Crippen molar-refractivity contribution in [3.63, 3.8) is 0 Å². The number of nitriles is 1. The number of allylic oxidation sites excluding steroid dienone is 1. The van der Waals surface area contributed by atoms with Crippen molar-refractivity contribution in [3.8, 4) is 6.07 Å². The SMILES string of the molecule is C=C(C#N)C(=O)Cc1ccccc1. The molecule has 1 rings (SSSR count). The Balaban J connectivity index is 2.67. The van der Waals surface area contributed by atoms with E-state index in [1.54, 1.807) is 6.07 Å². The molecular formula is C11H9NO. The first-order valence-corrected chi connectivity index (χ1v) is 3.90. The lowest BCUT2D eigenvalue weighted by atomic mass is 10.1. The first kappa shape index (κ1) is 9.21. The second kappa shape index (κ2) is 4.22. The van der Waals surface area contributed by atoms with Crippen LogP contribution in [0.4, 0.5) is 0 Å². The van der Waals surface area contributed by atoms with E-state index in [0.29, 0.717) is 0 Å². The van der Waals surface area contributed by atoms with Gasteiger partial charge in [-0.3, -0.25) is 4.79 Å². The maximum Gasteiger partial charge on any atom is 0.177 e. The maximum atomic E-state index is 11.2. The summed E-state index contributed by atoms with van der Waals surface area (Å²) in [7, 11) is 0. The van der Waals surface area contributed by atoms with E-state index in [-0.39, 0.29) is 17.8 Å². The molecule has 0 N–H and O–H groups in total. The molecule has 13 heavy (non-hydrogen) atoms. The van der Waals surface area contributed by atoms with Crippen molar-refractivity contribution in [1.82, 2.24) is 0 Å². The summed E-state index contributed by atoms with van der Waals surface area (Å²) in [5.41, 5.74) is 0.924. The van der Waals surface area contributed by atoms with Crippen molar-refractivity contribution in [3.05, 3.63) is 48.0 Å². The number of hydrogen-bond donors (Lipinski definition) is 0. The van der Waals surface area contributed by atoms with E-state index in [1.807, 2.05) is 30.3 Å². The van der Waals surface area contributed by atoms with Crippen LogP contribution in [-0.4, -0.2) is 5.78 Å². The topological polar surface area (TPSA) is 40.9 Å². The third-order valence-corrected chi connectivity index (χ3v) is 1.68. The third kappa shape index (κ3) is 2.57. The second-order valence-corrected chi connectivity index (χ2v) is 2.68. The summed E-state index contributed by atoms with van der Waals surface area (Å²) in [5, 5.41) is 8.41. The summed E-state index contributed by atoms with van der Waals surface area (Å²) in [6.45, 7) is 3.36. The molecule has 0 atom stereocenters. The Kier molecular flexibility index (Phi) is 2.99. The smallest absolute Gasteiger partial charge is 0.177 e. The molecule has 0 fully saturated rings. The van der Waals surface area contributed by atoms with E-state index in [9.17, 15) is 4.79 Å². The molecular weight excluding hydrogens is 162 g/mol. The van der Waals surface area contributed by atoms with Gasteiger partial charge in [0.2, 0.25) is 0 Å². The van der Waals surface area contributed by atoms with Gasteiger partial charge in [0.1, 0.15) is 6.07 Å². The van der Waals surface area contributed by atoms with E-state index in [0.717, 1.165) is 5.56 Å². The van der Waals surface area contributed by atoms with Gasteiger partial charge < -0.3 is 0 Å². The van der Waals surface area contributed by atoms with Gasteiger partial charge in [-0.2, -0.15) is 5.26 Å². The Morgan fingerprint density at radius 2 is 2.00 bits per heavy atom. The molecule has 0 amide bonds. The predicted molar refractivity (Wildman–Crippen MR) is 49.9 cm³/mol. The van der Waals surface area contributed by atoms with Crippen molar-refractivity contribution in [2.24, 2.45) is 0 Å². The molecule has 0 heterocycles. The molecule has 1 aromatic rings. The molecule has 0 bridgehead atoms. The van der Waals surface area contributed by atoms with E-state index in [2.05, 4.69) is 6.58 Å².